The molecule has 8 nitrogen and oxygen atoms in total. The number of imidazole rings is 1. The highest BCUT2D eigenvalue weighted by atomic mass is 19.1. The Bertz CT molecular complexity index is 1260. The van der Waals surface area contributed by atoms with Crippen molar-refractivity contribution in [2.24, 2.45) is 24.6 Å². The summed E-state index contributed by atoms with van der Waals surface area (Å²) >= 11 is 0. The number of hydrogen-bond donors (Lipinski definition) is 0. The fraction of sp³-hybridized carbons (Fsp3) is 0.400. The standard InChI is InChI=1S/C20H23FN6O2/c1-20(2,3)14-11-26-15-16(24(4)19(29)25(5)17(15)28)22-18(26)27(23-14)10-12-6-8-13(21)9-7-12/h6-9H,10-11H2,1-5H3. The van der Waals surface area contributed by atoms with Gasteiger partial charge in [-0.2, -0.15) is 10.1 Å². The van der Waals surface area contributed by atoms with Gasteiger partial charge in [-0.3, -0.25) is 18.5 Å². The third kappa shape index (κ3) is 3.06. The van der Waals surface area contributed by atoms with Crippen molar-refractivity contribution in [2.45, 2.75) is 33.9 Å². The zero-order valence-electron chi connectivity index (χ0n) is 17.1. The van der Waals surface area contributed by atoms with Crippen molar-refractivity contribution in [1.82, 2.24) is 18.7 Å². The maximum absolute atomic E-state index is 13.3. The van der Waals surface area contributed by atoms with Crippen LogP contribution in [-0.2, 0) is 27.2 Å². The highest BCUT2D eigenvalue weighted by Gasteiger charge is 2.31. The maximum Gasteiger partial charge on any atom is 0.332 e. The third-order valence-electron chi connectivity index (χ3n) is 5.22. The highest BCUT2D eigenvalue weighted by molar-refractivity contribution is 5.93. The van der Waals surface area contributed by atoms with Crippen LogP contribution in [0.3, 0.4) is 0 Å². The van der Waals surface area contributed by atoms with Crippen molar-refractivity contribution >= 4 is 22.8 Å². The van der Waals surface area contributed by atoms with E-state index in [4.69, 9.17) is 5.10 Å². The molecular formula is C20H23FN6O2. The molecule has 29 heavy (non-hydrogen) atoms. The topological polar surface area (TPSA) is 77.4 Å². The average molecular weight is 398 g/mol. The largest absolute Gasteiger partial charge is 0.332 e. The quantitative estimate of drug-likeness (QED) is 0.662. The van der Waals surface area contributed by atoms with Crippen LogP contribution in [0.5, 0.6) is 0 Å². The molecule has 4 rings (SSSR count). The molecule has 1 aliphatic heterocycles. The summed E-state index contributed by atoms with van der Waals surface area (Å²) in [5.74, 6) is 0.174. The van der Waals surface area contributed by atoms with Crippen LogP contribution < -0.4 is 16.3 Å². The van der Waals surface area contributed by atoms with Crippen molar-refractivity contribution < 1.29 is 4.39 Å². The van der Waals surface area contributed by atoms with Gasteiger partial charge in [0.25, 0.3) is 5.56 Å². The molecule has 0 fully saturated rings. The van der Waals surface area contributed by atoms with Crippen LogP contribution in [-0.4, -0.2) is 24.4 Å². The average Bonchev–Trinajstić information content (AvgIpc) is 3.06. The molecule has 0 spiro atoms. The molecule has 0 saturated carbocycles. The van der Waals surface area contributed by atoms with Gasteiger partial charge in [-0.25, -0.2) is 14.2 Å². The minimum atomic E-state index is -0.431. The lowest BCUT2D eigenvalue weighted by molar-refractivity contribution is 0.548. The lowest BCUT2D eigenvalue weighted by Crippen LogP contribution is -2.39. The molecule has 152 valence electrons. The molecule has 0 unspecified atom stereocenters. The monoisotopic (exact) mass is 398 g/mol. The molecule has 0 saturated heterocycles. The van der Waals surface area contributed by atoms with Gasteiger partial charge in [0.05, 0.1) is 18.8 Å². The van der Waals surface area contributed by atoms with Gasteiger partial charge < -0.3 is 0 Å². The van der Waals surface area contributed by atoms with E-state index < -0.39 is 11.2 Å². The van der Waals surface area contributed by atoms with E-state index in [0.717, 1.165) is 15.8 Å². The Hall–Kier alpha value is -3.23. The number of rotatable bonds is 2. The van der Waals surface area contributed by atoms with Gasteiger partial charge in [-0.15, -0.1) is 0 Å². The predicted molar refractivity (Wildman–Crippen MR) is 110 cm³/mol. The molecule has 3 heterocycles. The second-order valence-corrected chi connectivity index (χ2v) is 8.36. The van der Waals surface area contributed by atoms with Crippen molar-refractivity contribution in [2.75, 3.05) is 5.01 Å². The van der Waals surface area contributed by atoms with Gasteiger partial charge in [-0.1, -0.05) is 32.9 Å². The molecule has 0 aliphatic carbocycles. The molecule has 0 radical (unpaired) electrons. The lowest BCUT2D eigenvalue weighted by atomic mass is 9.89. The molecule has 1 aromatic carbocycles. The van der Waals surface area contributed by atoms with Crippen LogP contribution in [0.2, 0.25) is 0 Å². The Balaban J connectivity index is 1.95. The molecular weight excluding hydrogens is 375 g/mol. The summed E-state index contributed by atoms with van der Waals surface area (Å²) in [4.78, 5) is 29.8. The normalized spacial score (nSPS) is 14.3. The van der Waals surface area contributed by atoms with Crippen LogP contribution in [0.25, 0.3) is 11.2 Å². The summed E-state index contributed by atoms with van der Waals surface area (Å²) in [6.45, 7) is 6.93. The number of benzene rings is 1. The van der Waals surface area contributed by atoms with Gasteiger partial charge >= 0.3 is 5.69 Å². The fourth-order valence-electron chi connectivity index (χ4n) is 3.41. The predicted octanol–water partition coefficient (Wildman–Crippen LogP) is 2.00. The Labute approximate surface area is 166 Å². The zero-order chi connectivity index (χ0) is 21.1. The summed E-state index contributed by atoms with van der Waals surface area (Å²) in [5.41, 5.74) is 1.36. The summed E-state index contributed by atoms with van der Waals surface area (Å²) in [6, 6.07) is 6.18. The molecule has 1 aliphatic rings. The summed E-state index contributed by atoms with van der Waals surface area (Å²) in [5, 5.41) is 6.50. The van der Waals surface area contributed by atoms with E-state index in [1.54, 1.807) is 24.2 Å². The molecule has 9 heteroatoms. The summed E-state index contributed by atoms with van der Waals surface area (Å²) < 4.78 is 17.6. The second kappa shape index (κ2) is 6.40. The summed E-state index contributed by atoms with van der Waals surface area (Å²) in [7, 11) is 3.06. The Kier molecular flexibility index (Phi) is 4.21. The zero-order valence-corrected chi connectivity index (χ0v) is 17.1. The molecule has 0 N–H and O–H groups in total. The molecule has 0 bridgehead atoms. The molecule has 0 amide bonds. The minimum Gasteiger partial charge on any atom is -0.297 e. The van der Waals surface area contributed by atoms with Gasteiger partial charge in [-0.05, 0) is 17.7 Å². The van der Waals surface area contributed by atoms with Crippen LogP contribution in [0.15, 0.2) is 39.0 Å². The number of halogens is 1. The van der Waals surface area contributed by atoms with Crippen molar-refractivity contribution in [3.05, 3.63) is 56.5 Å². The number of hydrogen-bond acceptors (Lipinski definition) is 5. The SMILES string of the molecule is Cn1c(=O)c2c(nc3n2CC(C(C)(C)C)=NN3Cc2ccc(F)cc2)n(C)c1=O. The van der Waals surface area contributed by atoms with Gasteiger partial charge in [0.15, 0.2) is 11.2 Å². The maximum atomic E-state index is 13.3. The first-order valence-electron chi connectivity index (χ1n) is 9.34. The number of aromatic nitrogens is 4. The van der Waals surface area contributed by atoms with Gasteiger partial charge in [0, 0.05) is 19.5 Å². The van der Waals surface area contributed by atoms with Gasteiger partial charge in [0.1, 0.15) is 5.82 Å². The van der Waals surface area contributed by atoms with Crippen LogP contribution in [0.1, 0.15) is 26.3 Å². The van der Waals surface area contributed by atoms with Crippen LogP contribution in [0, 0.1) is 11.2 Å². The van der Waals surface area contributed by atoms with E-state index in [9.17, 15) is 14.0 Å². The number of hydrazone groups is 1. The number of anilines is 1. The van der Waals surface area contributed by atoms with Crippen molar-refractivity contribution in [3.63, 3.8) is 0 Å². The summed E-state index contributed by atoms with van der Waals surface area (Å²) in [6.07, 6.45) is 0. The lowest BCUT2D eigenvalue weighted by Gasteiger charge is -2.31. The van der Waals surface area contributed by atoms with E-state index in [2.05, 4.69) is 25.8 Å². The first-order chi connectivity index (χ1) is 13.6. The third-order valence-corrected chi connectivity index (χ3v) is 5.22. The fourth-order valence-corrected chi connectivity index (χ4v) is 3.41. The van der Waals surface area contributed by atoms with E-state index >= 15 is 0 Å². The first kappa shape index (κ1) is 19.1. The van der Waals surface area contributed by atoms with Gasteiger partial charge in [0.2, 0.25) is 5.95 Å². The van der Waals surface area contributed by atoms with Crippen molar-refractivity contribution in [3.8, 4) is 0 Å². The number of nitrogens with zero attached hydrogens (tertiary/aromatic N) is 6. The smallest absolute Gasteiger partial charge is 0.297 e. The molecule has 3 aromatic rings. The number of aryl methyl sites for hydroxylation is 1. The van der Waals surface area contributed by atoms with E-state index in [0.29, 0.717) is 30.2 Å². The van der Waals surface area contributed by atoms with E-state index in [1.807, 2.05) is 4.57 Å². The van der Waals surface area contributed by atoms with E-state index in [1.165, 1.54) is 23.7 Å². The van der Waals surface area contributed by atoms with Crippen molar-refractivity contribution in [1.29, 1.82) is 0 Å². The van der Waals surface area contributed by atoms with E-state index in [-0.39, 0.29) is 11.2 Å². The van der Waals surface area contributed by atoms with Crippen LogP contribution in [0.4, 0.5) is 10.3 Å². The molecule has 2 aromatic heterocycles. The van der Waals surface area contributed by atoms with Crippen LogP contribution >= 0.6 is 0 Å². The molecule has 0 atom stereocenters. The Morgan fingerprint density at radius 1 is 1.07 bits per heavy atom. The number of fused-ring (bicyclic) bond motifs is 3. The highest BCUT2D eigenvalue weighted by Crippen LogP contribution is 2.30. The Morgan fingerprint density at radius 3 is 2.34 bits per heavy atom. The first-order valence-corrected chi connectivity index (χ1v) is 9.34. The second-order valence-electron chi connectivity index (χ2n) is 8.36. The Morgan fingerprint density at radius 2 is 1.72 bits per heavy atom. The minimum absolute atomic E-state index is 0.235.